The Morgan fingerprint density at radius 3 is 2.96 bits per heavy atom. The minimum Gasteiger partial charge on any atom is -0.488 e. The first-order chi connectivity index (χ1) is 12.2. The summed E-state index contributed by atoms with van der Waals surface area (Å²) in [5.41, 5.74) is 0.549. The van der Waals surface area contributed by atoms with Crippen LogP contribution in [0.5, 0.6) is 5.75 Å². The van der Waals surface area contributed by atoms with Gasteiger partial charge in [-0.3, -0.25) is 4.79 Å². The van der Waals surface area contributed by atoms with E-state index in [9.17, 15) is 18.3 Å². The van der Waals surface area contributed by atoms with Crippen LogP contribution in [-0.2, 0) is 17.1 Å². The average Bonchev–Trinajstić information content (AvgIpc) is 2.82. The van der Waals surface area contributed by atoms with Crippen LogP contribution in [0.1, 0.15) is 17.4 Å². The maximum atomic E-state index is 12.7. The fourth-order valence-corrected chi connectivity index (χ4v) is 4.40. The number of halogens is 1. The van der Waals surface area contributed by atoms with Crippen molar-refractivity contribution < 1.29 is 23.1 Å². The summed E-state index contributed by atoms with van der Waals surface area (Å²) in [7, 11) is -2.39. The van der Waals surface area contributed by atoms with Gasteiger partial charge in [-0.25, -0.2) is 18.1 Å². The van der Waals surface area contributed by atoms with E-state index in [1.807, 2.05) is 0 Å². The van der Waals surface area contributed by atoms with Crippen molar-refractivity contribution in [2.45, 2.75) is 24.0 Å². The third-order valence-electron chi connectivity index (χ3n) is 3.89. The lowest BCUT2D eigenvalue weighted by Gasteiger charge is -2.18. The number of carbonyl (C=O) groups is 1. The monoisotopic (exact) mass is 444 g/mol. The highest BCUT2D eigenvalue weighted by atomic mass is 79.9. The van der Waals surface area contributed by atoms with Crippen molar-refractivity contribution in [3.63, 3.8) is 0 Å². The van der Waals surface area contributed by atoms with Crippen molar-refractivity contribution >= 4 is 37.5 Å². The molecule has 9 nitrogen and oxygen atoms in total. The molecule has 0 aliphatic carbocycles. The van der Waals surface area contributed by atoms with E-state index in [1.165, 1.54) is 23.9 Å². The molecule has 0 radical (unpaired) electrons. The molecule has 1 aliphatic rings. The third kappa shape index (κ3) is 3.61. The Kier molecular flexibility index (Phi) is 5.06. The van der Waals surface area contributed by atoms with Crippen molar-refractivity contribution in [3.8, 4) is 5.75 Å². The highest BCUT2D eigenvalue weighted by molar-refractivity contribution is 9.10. The number of fused-ring (bicyclic) bond motifs is 1. The minimum absolute atomic E-state index is 0.0474. The van der Waals surface area contributed by atoms with E-state index in [0.717, 1.165) is 0 Å². The standard InChI is InChI=1S/C15H17BrN4O5S/c1-8(21)10-7-25-14-11(26(23,24)19-10)6-20(2)13(14)15(22)18-9-3-4-17-12(16)5-9/h3-6,8,10,19,21H,7H2,1-2H3,(H,17,18,22)/t8-,10+/m0/s1. The van der Waals surface area contributed by atoms with Crippen LogP contribution in [0.15, 0.2) is 34.0 Å². The van der Waals surface area contributed by atoms with E-state index in [4.69, 9.17) is 4.74 Å². The molecular weight excluding hydrogens is 428 g/mol. The van der Waals surface area contributed by atoms with Gasteiger partial charge in [-0.1, -0.05) is 0 Å². The van der Waals surface area contributed by atoms with Gasteiger partial charge in [0.2, 0.25) is 10.0 Å². The van der Waals surface area contributed by atoms with Crippen LogP contribution in [0.2, 0.25) is 0 Å². The number of ether oxygens (including phenoxy) is 1. The van der Waals surface area contributed by atoms with Crippen LogP contribution in [-0.4, -0.2) is 47.7 Å². The van der Waals surface area contributed by atoms with Crippen molar-refractivity contribution in [2.24, 2.45) is 7.05 Å². The molecular formula is C15H17BrN4O5S. The fourth-order valence-electron chi connectivity index (χ4n) is 2.55. The number of rotatable bonds is 3. The van der Waals surface area contributed by atoms with E-state index in [-0.39, 0.29) is 22.9 Å². The first-order valence-electron chi connectivity index (χ1n) is 7.64. The van der Waals surface area contributed by atoms with Gasteiger partial charge in [0.05, 0.1) is 12.1 Å². The molecule has 3 heterocycles. The largest absolute Gasteiger partial charge is 0.488 e. The van der Waals surface area contributed by atoms with Gasteiger partial charge in [-0.05, 0) is 35.0 Å². The van der Waals surface area contributed by atoms with Gasteiger partial charge in [0, 0.05) is 25.1 Å². The molecule has 2 aromatic heterocycles. The second-order valence-electron chi connectivity index (χ2n) is 5.88. The van der Waals surface area contributed by atoms with Crippen LogP contribution in [0.25, 0.3) is 0 Å². The van der Waals surface area contributed by atoms with Gasteiger partial charge >= 0.3 is 0 Å². The Balaban J connectivity index is 1.98. The fraction of sp³-hybridized carbons (Fsp3) is 0.333. The predicted octanol–water partition coefficient (Wildman–Crippen LogP) is 0.855. The van der Waals surface area contributed by atoms with Crippen LogP contribution in [0.4, 0.5) is 5.69 Å². The molecule has 2 aromatic rings. The number of anilines is 1. The van der Waals surface area contributed by atoms with Gasteiger partial charge in [0.25, 0.3) is 5.91 Å². The molecule has 0 bridgehead atoms. The van der Waals surface area contributed by atoms with Crippen molar-refractivity contribution in [3.05, 3.63) is 34.8 Å². The lowest BCUT2D eigenvalue weighted by Crippen LogP contribution is -2.44. The molecule has 0 saturated heterocycles. The normalized spacial score (nSPS) is 19.8. The topological polar surface area (TPSA) is 123 Å². The highest BCUT2D eigenvalue weighted by Gasteiger charge is 2.35. The molecule has 26 heavy (non-hydrogen) atoms. The number of nitrogens with one attached hydrogen (secondary N) is 2. The number of aryl methyl sites for hydroxylation is 1. The Morgan fingerprint density at radius 2 is 2.31 bits per heavy atom. The minimum atomic E-state index is -3.94. The second kappa shape index (κ2) is 6.99. The molecule has 0 fully saturated rings. The Labute approximate surface area is 158 Å². The quantitative estimate of drug-likeness (QED) is 0.603. The summed E-state index contributed by atoms with van der Waals surface area (Å²) in [6, 6.07) is 2.40. The van der Waals surface area contributed by atoms with E-state index < -0.39 is 28.1 Å². The first kappa shape index (κ1) is 18.8. The molecule has 0 unspecified atom stereocenters. The first-order valence-corrected chi connectivity index (χ1v) is 9.92. The summed E-state index contributed by atoms with van der Waals surface area (Å²) in [4.78, 5) is 16.5. The van der Waals surface area contributed by atoms with Crippen LogP contribution in [0, 0.1) is 0 Å². The molecule has 1 amide bonds. The molecule has 2 atom stereocenters. The third-order valence-corrected chi connectivity index (χ3v) is 5.80. The maximum absolute atomic E-state index is 12.7. The highest BCUT2D eigenvalue weighted by Crippen LogP contribution is 2.33. The Bertz CT molecular complexity index is 957. The number of aliphatic hydroxyl groups is 1. The lowest BCUT2D eigenvalue weighted by atomic mass is 10.2. The molecule has 0 saturated carbocycles. The molecule has 3 rings (SSSR count). The number of aromatic nitrogens is 2. The zero-order chi connectivity index (χ0) is 19.1. The van der Waals surface area contributed by atoms with Crippen LogP contribution in [0.3, 0.4) is 0 Å². The number of nitrogens with zero attached hydrogens (tertiary/aromatic N) is 2. The van der Waals surface area contributed by atoms with Gasteiger partial charge in [-0.2, -0.15) is 0 Å². The number of hydrogen-bond donors (Lipinski definition) is 3. The van der Waals surface area contributed by atoms with E-state index in [2.05, 4.69) is 31.0 Å². The van der Waals surface area contributed by atoms with E-state index in [1.54, 1.807) is 19.2 Å². The Hall–Kier alpha value is -1.95. The Morgan fingerprint density at radius 1 is 1.58 bits per heavy atom. The maximum Gasteiger partial charge on any atom is 0.276 e. The summed E-state index contributed by atoms with van der Waals surface area (Å²) in [5, 5.41) is 12.4. The molecule has 0 spiro atoms. The summed E-state index contributed by atoms with van der Waals surface area (Å²) in [6.45, 7) is 1.36. The van der Waals surface area contributed by atoms with E-state index >= 15 is 0 Å². The number of hydrogen-bond acceptors (Lipinski definition) is 6. The van der Waals surface area contributed by atoms with Crippen LogP contribution < -0.4 is 14.8 Å². The summed E-state index contributed by atoms with van der Waals surface area (Å²) in [6.07, 6.45) is 1.87. The molecule has 0 aromatic carbocycles. The summed E-state index contributed by atoms with van der Waals surface area (Å²) in [5.74, 6) is -0.577. The van der Waals surface area contributed by atoms with Crippen molar-refractivity contribution in [1.29, 1.82) is 0 Å². The zero-order valence-corrected chi connectivity index (χ0v) is 16.3. The van der Waals surface area contributed by atoms with Gasteiger partial charge < -0.3 is 19.7 Å². The van der Waals surface area contributed by atoms with Gasteiger partial charge in [0.1, 0.15) is 16.1 Å². The predicted molar refractivity (Wildman–Crippen MR) is 96.6 cm³/mol. The number of sulfonamides is 1. The number of carbonyl (C=O) groups excluding carboxylic acids is 1. The lowest BCUT2D eigenvalue weighted by molar-refractivity contribution is 0.100. The second-order valence-corrected chi connectivity index (χ2v) is 8.38. The van der Waals surface area contributed by atoms with Crippen molar-refractivity contribution in [1.82, 2.24) is 14.3 Å². The van der Waals surface area contributed by atoms with E-state index in [0.29, 0.717) is 10.3 Å². The van der Waals surface area contributed by atoms with Crippen molar-refractivity contribution in [2.75, 3.05) is 11.9 Å². The van der Waals surface area contributed by atoms with Gasteiger partial charge in [0.15, 0.2) is 11.4 Å². The molecule has 140 valence electrons. The number of pyridine rings is 1. The molecule has 1 aliphatic heterocycles. The SMILES string of the molecule is C[C@H](O)[C@H]1COc2c(cn(C)c2C(=O)Nc2ccnc(Br)c2)S(=O)(=O)N1. The molecule has 11 heteroatoms. The smallest absolute Gasteiger partial charge is 0.276 e. The number of aliphatic hydroxyl groups excluding tert-OH is 1. The zero-order valence-electron chi connectivity index (χ0n) is 13.9. The molecule has 3 N–H and O–H groups in total. The summed E-state index contributed by atoms with van der Waals surface area (Å²) >= 11 is 3.22. The average molecular weight is 445 g/mol. The van der Waals surface area contributed by atoms with Gasteiger partial charge in [-0.15, -0.1) is 0 Å². The van der Waals surface area contributed by atoms with Crippen LogP contribution >= 0.6 is 15.9 Å². The summed E-state index contributed by atoms with van der Waals surface area (Å²) < 4.78 is 35.0. The number of amides is 1.